The van der Waals surface area contributed by atoms with Gasteiger partial charge in [-0.25, -0.2) is 0 Å². The Balaban J connectivity index is 2.12. The third kappa shape index (κ3) is 3.05. The molecule has 0 aromatic carbocycles. The third-order valence-electron chi connectivity index (χ3n) is 3.15. The summed E-state index contributed by atoms with van der Waals surface area (Å²) in [7, 11) is 4.08. The smallest absolute Gasteiger partial charge is 0.312 e. The first-order chi connectivity index (χ1) is 8.56. The molecule has 1 atom stereocenters. The van der Waals surface area contributed by atoms with Crippen LogP contribution in [0.5, 0.6) is 0 Å². The summed E-state index contributed by atoms with van der Waals surface area (Å²) in [6.45, 7) is 2.83. The maximum absolute atomic E-state index is 10.6. The zero-order valence-electron chi connectivity index (χ0n) is 10.7. The van der Waals surface area contributed by atoms with Crippen LogP contribution in [-0.2, 0) is 11.2 Å². The van der Waals surface area contributed by atoms with E-state index in [2.05, 4.69) is 27.0 Å². The van der Waals surface area contributed by atoms with Gasteiger partial charge in [0.05, 0.1) is 6.04 Å². The van der Waals surface area contributed by atoms with Crippen molar-refractivity contribution in [2.75, 3.05) is 33.7 Å². The van der Waals surface area contributed by atoms with Crippen molar-refractivity contribution in [2.24, 2.45) is 0 Å². The number of carbonyl (C=O) groups is 1. The number of rotatable bonds is 3. The lowest BCUT2D eigenvalue weighted by Crippen LogP contribution is -2.31. The second kappa shape index (κ2) is 5.45. The molecule has 1 unspecified atom stereocenters. The molecule has 18 heavy (non-hydrogen) atoms. The molecule has 0 amide bonds. The van der Waals surface area contributed by atoms with Crippen molar-refractivity contribution in [3.05, 3.63) is 11.7 Å². The molecule has 0 radical (unpaired) electrons. The number of likely N-dealkylation sites (N-methyl/N-ethyl adjacent to an activating group) is 2. The molecule has 0 spiro atoms. The summed E-state index contributed by atoms with van der Waals surface area (Å²) in [6, 6.07) is 0.0591. The van der Waals surface area contributed by atoms with Crippen molar-refractivity contribution in [1.82, 2.24) is 19.9 Å². The van der Waals surface area contributed by atoms with Crippen LogP contribution in [0, 0.1) is 0 Å². The summed E-state index contributed by atoms with van der Waals surface area (Å²) in [4.78, 5) is 19.2. The molecule has 2 heterocycles. The quantitative estimate of drug-likeness (QED) is 0.813. The van der Waals surface area contributed by atoms with Crippen LogP contribution in [0.15, 0.2) is 4.52 Å². The van der Waals surface area contributed by atoms with Gasteiger partial charge in [-0.15, -0.1) is 0 Å². The van der Waals surface area contributed by atoms with Gasteiger partial charge in [0.2, 0.25) is 5.89 Å². The van der Waals surface area contributed by atoms with Crippen LogP contribution in [0.1, 0.15) is 24.2 Å². The van der Waals surface area contributed by atoms with Gasteiger partial charge in [-0.3, -0.25) is 9.69 Å². The Bertz CT molecular complexity index is 420. The van der Waals surface area contributed by atoms with Crippen molar-refractivity contribution in [2.45, 2.75) is 18.9 Å². The maximum atomic E-state index is 10.6. The molecule has 0 saturated carbocycles. The van der Waals surface area contributed by atoms with Crippen LogP contribution in [0.4, 0.5) is 0 Å². The largest absolute Gasteiger partial charge is 0.481 e. The molecule has 100 valence electrons. The molecular weight excluding hydrogens is 236 g/mol. The number of hydrogen-bond donors (Lipinski definition) is 1. The average Bonchev–Trinajstić information content (AvgIpc) is 2.65. The highest BCUT2D eigenvalue weighted by atomic mass is 16.5. The zero-order chi connectivity index (χ0) is 13.1. The minimum atomic E-state index is -0.962. The molecule has 1 aliphatic rings. The van der Waals surface area contributed by atoms with Crippen molar-refractivity contribution < 1.29 is 14.4 Å². The Kier molecular flexibility index (Phi) is 3.93. The first kappa shape index (κ1) is 13.0. The van der Waals surface area contributed by atoms with E-state index in [1.165, 1.54) is 0 Å². The molecular formula is C11H18N4O3. The highest BCUT2D eigenvalue weighted by molar-refractivity contribution is 5.68. The van der Waals surface area contributed by atoms with Gasteiger partial charge in [0.1, 0.15) is 6.42 Å². The standard InChI is InChI=1S/C11H18N4O3/c1-14-4-3-5-15(2)8(7-14)11-12-9(18-13-11)6-10(16)17/h8H,3-7H2,1-2H3,(H,16,17). The first-order valence-corrected chi connectivity index (χ1v) is 5.99. The Morgan fingerprint density at radius 1 is 1.50 bits per heavy atom. The molecule has 0 bridgehead atoms. The average molecular weight is 254 g/mol. The van der Waals surface area contributed by atoms with Crippen molar-refractivity contribution in [3.8, 4) is 0 Å². The van der Waals surface area contributed by atoms with E-state index in [9.17, 15) is 4.79 Å². The highest BCUT2D eigenvalue weighted by Crippen LogP contribution is 2.20. The molecule has 2 rings (SSSR count). The normalized spacial score (nSPS) is 22.9. The van der Waals surface area contributed by atoms with Crippen LogP contribution in [-0.4, -0.2) is 64.7 Å². The van der Waals surface area contributed by atoms with Gasteiger partial charge < -0.3 is 14.5 Å². The number of aliphatic carboxylic acids is 1. The van der Waals surface area contributed by atoms with Crippen molar-refractivity contribution in [1.29, 1.82) is 0 Å². The van der Waals surface area contributed by atoms with E-state index in [1.807, 2.05) is 7.05 Å². The minimum Gasteiger partial charge on any atom is -0.481 e. The predicted molar refractivity (Wildman–Crippen MR) is 63.1 cm³/mol. The predicted octanol–water partition coefficient (Wildman–Crippen LogP) is 0.00510. The number of carboxylic acids is 1. The van der Waals surface area contributed by atoms with Crippen LogP contribution >= 0.6 is 0 Å². The summed E-state index contributed by atoms with van der Waals surface area (Å²) >= 11 is 0. The summed E-state index contributed by atoms with van der Waals surface area (Å²) in [5, 5.41) is 12.6. The number of aromatic nitrogens is 2. The van der Waals surface area contributed by atoms with Crippen LogP contribution < -0.4 is 0 Å². The van der Waals surface area contributed by atoms with E-state index in [-0.39, 0.29) is 18.4 Å². The molecule has 1 saturated heterocycles. The number of hydrogen-bond acceptors (Lipinski definition) is 6. The summed E-state index contributed by atoms with van der Waals surface area (Å²) in [5.41, 5.74) is 0. The van der Waals surface area contributed by atoms with Gasteiger partial charge in [0, 0.05) is 6.54 Å². The van der Waals surface area contributed by atoms with E-state index in [0.29, 0.717) is 5.82 Å². The summed E-state index contributed by atoms with van der Waals surface area (Å²) in [6.07, 6.45) is 0.878. The van der Waals surface area contributed by atoms with E-state index in [4.69, 9.17) is 9.63 Å². The molecule has 0 aliphatic carbocycles. The van der Waals surface area contributed by atoms with E-state index >= 15 is 0 Å². The Labute approximate surface area is 105 Å². The molecule has 7 heteroatoms. The highest BCUT2D eigenvalue weighted by Gasteiger charge is 2.26. The second-order valence-electron chi connectivity index (χ2n) is 4.73. The summed E-state index contributed by atoms with van der Waals surface area (Å²) in [5.74, 6) is -0.225. The monoisotopic (exact) mass is 254 g/mol. The molecule has 1 aliphatic heterocycles. The van der Waals surface area contributed by atoms with E-state index in [0.717, 1.165) is 26.1 Å². The maximum Gasteiger partial charge on any atom is 0.312 e. The first-order valence-electron chi connectivity index (χ1n) is 5.99. The fourth-order valence-electron chi connectivity index (χ4n) is 2.16. The lowest BCUT2D eigenvalue weighted by Gasteiger charge is -2.24. The van der Waals surface area contributed by atoms with E-state index < -0.39 is 5.97 Å². The van der Waals surface area contributed by atoms with E-state index in [1.54, 1.807) is 0 Å². The second-order valence-corrected chi connectivity index (χ2v) is 4.73. The van der Waals surface area contributed by atoms with Crippen LogP contribution in [0.25, 0.3) is 0 Å². The van der Waals surface area contributed by atoms with Crippen molar-refractivity contribution in [3.63, 3.8) is 0 Å². The van der Waals surface area contributed by atoms with Gasteiger partial charge in [-0.1, -0.05) is 5.16 Å². The van der Waals surface area contributed by atoms with Crippen molar-refractivity contribution >= 4 is 5.97 Å². The summed E-state index contributed by atoms with van der Waals surface area (Å²) < 4.78 is 4.97. The lowest BCUT2D eigenvalue weighted by molar-refractivity contribution is -0.136. The Morgan fingerprint density at radius 3 is 3.00 bits per heavy atom. The Morgan fingerprint density at radius 2 is 2.28 bits per heavy atom. The van der Waals surface area contributed by atoms with Gasteiger partial charge in [-0.2, -0.15) is 4.98 Å². The van der Waals surface area contributed by atoms with Gasteiger partial charge >= 0.3 is 5.97 Å². The molecule has 1 aromatic rings. The SMILES string of the molecule is CN1CCCN(C)C(c2noc(CC(=O)O)n2)C1. The zero-order valence-corrected chi connectivity index (χ0v) is 10.7. The molecule has 7 nitrogen and oxygen atoms in total. The molecule has 1 N–H and O–H groups in total. The van der Waals surface area contributed by atoms with Gasteiger partial charge in [0.25, 0.3) is 0 Å². The fraction of sp³-hybridized carbons (Fsp3) is 0.727. The minimum absolute atomic E-state index is 0.0591. The Hall–Kier alpha value is -1.47. The topological polar surface area (TPSA) is 82.7 Å². The third-order valence-corrected chi connectivity index (χ3v) is 3.15. The molecule has 1 fully saturated rings. The number of nitrogens with zero attached hydrogens (tertiary/aromatic N) is 4. The molecule has 1 aromatic heterocycles. The fourth-order valence-corrected chi connectivity index (χ4v) is 2.16. The lowest BCUT2D eigenvalue weighted by atomic mass is 10.2. The van der Waals surface area contributed by atoms with Gasteiger partial charge in [-0.05, 0) is 33.6 Å². The van der Waals surface area contributed by atoms with Crippen LogP contribution in [0.3, 0.4) is 0 Å². The van der Waals surface area contributed by atoms with Gasteiger partial charge in [0.15, 0.2) is 5.82 Å². The number of carboxylic acid groups (broad SMARTS) is 1. The van der Waals surface area contributed by atoms with Crippen LogP contribution in [0.2, 0.25) is 0 Å².